The van der Waals surface area contributed by atoms with Crippen LogP contribution in [0.15, 0.2) is 0 Å². The van der Waals surface area contributed by atoms with Crippen molar-refractivity contribution in [2.24, 2.45) is 5.92 Å². The van der Waals surface area contributed by atoms with Gasteiger partial charge in [-0.2, -0.15) is 5.26 Å². The van der Waals surface area contributed by atoms with Crippen molar-refractivity contribution >= 4 is 5.91 Å². The molecule has 2 unspecified atom stereocenters. The molecule has 2 aliphatic heterocycles. The minimum Gasteiger partial charge on any atom is -0.372 e. The molecular formula is C15H25N3O2. The fraction of sp³-hybridized carbons (Fsp3) is 0.867. The zero-order valence-electron chi connectivity index (χ0n) is 12.7. The Bertz CT molecular complexity index is 379. The number of likely N-dealkylation sites (tertiary alicyclic amines) is 1. The lowest BCUT2D eigenvalue weighted by Gasteiger charge is -2.33. The Morgan fingerprint density at radius 1 is 1.40 bits per heavy atom. The Morgan fingerprint density at radius 3 is 2.50 bits per heavy atom. The second-order valence-electron chi connectivity index (χ2n) is 6.25. The standard InChI is InChI=1S/C15H25N3O2/c1-11(2)15(19)17(3)12(8-16)6-7-18-9-13-4-5-14(10-18)20-13/h11-14H,4-7,9-10H2,1-3H3/t12-,13?,14?/m1/s1. The van der Waals surface area contributed by atoms with E-state index in [2.05, 4.69) is 11.0 Å². The second kappa shape index (κ2) is 6.55. The van der Waals surface area contributed by atoms with E-state index in [4.69, 9.17) is 4.74 Å². The van der Waals surface area contributed by atoms with E-state index < -0.39 is 0 Å². The molecule has 5 heteroatoms. The number of amides is 1. The van der Waals surface area contributed by atoms with Gasteiger partial charge < -0.3 is 9.64 Å². The molecule has 0 spiro atoms. The number of carbonyl (C=O) groups is 1. The van der Waals surface area contributed by atoms with Crippen molar-refractivity contribution in [3.8, 4) is 6.07 Å². The summed E-state index contributed by atoms with van der Waals surface area (Å²) in [5.41, 5.74) is 0. The molecule has 0 radical (unpaired) electrons. The third kappa shape index (κ3) is 3.50. The molecule has 2 saturated heterocycles. The quantitative estimate of drug-likeness (QED) is 0.760. The van der Waals surface area contributed by atoms with Crippen molar-refractivity contribution in [1.29, 1.82) is 5.26 Å². The van der Waals surface area contributed by atoms with Crippen LogP contribution in [0.4, 0.5) is 0 Å². The lowest BCUT2D eigenvalue weighted by atomic mass is 10.1. The third-order valence-electron chi connectivity index (χ3n) is 4.30. The minimum atomic E-state index is -0.328. The van der Waals surface area contributed by atoms with Crippen molar-refractivity contribution in [3.63, 3.8) is 0 Å². The maximum Gasteiger partial charge on any atom is 0.225 e. The summed E-state index contributed by atoms with van der Waals surface area (Å²) in [6.45, 7) is 6.54. The number of morpholine rings is 1. The van der Waals surface area contributed by atoms with Crippen LogP contribution in [0.2, 0.25) is 0 Å². The predicted octanol–water partition coefficient (Wildman–Crippen LogP) is 1.25. The SMILES string of the molecule is CC(C)C(=O)N(C)[C@@H](C#N)CCN1CC2CCC(C1)O2. The van der Waals surface area contributed by atoms with Gasteiger partial charge in [0.1, 0.15) is 6.04 Å². The van der Waals surface area contributed by atoms with Gasteiger partial charge in [0.15, 0.2) is 0 Å². The van der Waals surface area contributed by atoms with E-state index in [1.54, 1.807) is 11.9 Å². The second-order valence-corrected chi connectivity index (χ2v) is 6.25. The number of fused-ring (bicyclic) bond motifs is 2. The van der Waals surface area contributed by atoms with Gasteiger partial charge in [0.05, 0.1) is 18.3 Å². The summed E-state index contributed by atoms with van der Waals surface area (Å²) in [6, 6.07) is 1.93. The lowest BCUT2D eigenvalue weighted by Crippen LogP contribution is -2.45. The number of ether oxygens (including phenoxy) is 1. The van der Waals surface area contributed by atoms with E-state index in [0.29, 0.717) is 18.6 Å². The monoisotopic (exact) mass is 279 g/mol. The van der Waals surface area contributed by atoms with Gasteiger partial charge in [-0.1, -0.05) is 13.8 Å². The average Bonchev–Trinajstić information content (AvgIpc) is 2.77. The van der Waals surface area contributed by atoms with Crippen molar-refractivity contribution < 1.29 is 9.53 Å². The van der Waals surface area contributed by atoms with E-state index in [1.165, 1.54) is 0 Å². The Labute approximate surface area is 121 Å². The van der Waals surface area contributed by atoms with Gasteiger partial charge in [-0.25, -0.2) is 0 Å². The Morgan fingerprint density at radius 2 is 2.00 bits per heavy atom. The van der Waals surface area contributed by atoms with Gasteiger partial charge in [0, 0.05) is 32.6 Å². The van der Waals surface area contributed by atoms with Crippen LogP contribution < -0.4 is 0 Å². The van der Waals surface area contributed by atoms with Crippen LogP contribution in [-0.4, -0.2) is 60.6 Å². The van der Waals surface area contributed by atoms with Crippen molar-refractivity contribution in [2.75, 3.05) is 26.7 Å². The number of nitriles is 1. The van der Waals surface area contributed by atoms with Crippen molar-refractivity contribution in [3.05, 3.63) is 0 Å². The van der Waals surface area contributed by atoms with Gasteiger partial charge in [0.25, 0.3) is 0 Å². The first-order valence-corrected chi connectivity index (χ1v) is 7.55. The number of nitrogens with zero attached hydrogens (tertiary/aromatic N) is 3. The summed E-state index contributed by atoms with van der Waals surface area (Å²) in [4.78, 5) is 15.9. The smallest absolute Gasteiger partial charge is 0.225 e. The molecule has 2 rings (SSSR count). The minimum absolute atomic E-state index is 0.0404. The molecule has 0 N–H and O–H groups in total. The Balaban J connectivity index is 1.82. The topological polar surface area (TPSA) is 56.6 Å². The largest absolute Gasteiger partial charge is 0.372 e. The zero-order chi connectivity index (χ0) is 14.7. The zero-order valence-corrected chi connectivity index (χ0v) is 12.7. The van der Waals surface area contributed by atoms with Gasteiger partial charge in [0.2, 0.25) is 5.91 Å². The fourth-order valence-electron chi connectivity index (χ4n) is 3.09. The summed E-state index contributed by atoms with van der Waals surface area (Å²) in [5, 5.41) is 9.29. The van der Waals surface area contributed by atoms with Crippen LogP contribution in [0.5, 0.6) is 0 Å². The van der Waals surface area contributed by atoms with E-state index in [-0.39, 0.29) is 17.9 Å². The molecule has 0 aromatic heterocycles. The highest BCUT2D eigenvalue weighted by Gasteiger charge is 2.34. The molecule has 2 fully saturated rings. The van der Waals surface area contributed by atoms with E-state index in [9.17, 15) is 10.1 Å². The highest BCUT2D eigenvalue weighted by Crippen LogP contribution is 2.26. The molecule has 2 aliphatic rings. The molecule has 0 saturated carbocycles. The highest BCUT2D eigenvalue weighted by molar-refractivity contribution is 5.78. The number of carbonyl (C=O) groups excluding carboxylic acids is 1. The third-order valence-corrected chi connectivity index (χ3v) is 4.30. The first kappa shape index (κ1) is 15.3. The first-order chi connectivity index (χ1) is 9.51. The van der Waals surface area contributed by atoms with Crippen LogP contribution in [0, 0.1) is 17.2 Å². The molecule has 2 heterocycles. The van der Waals surface area contributed by atoms with Gasteiger partial charge >= 0.3 is 0 Å². The average molecular weight is 279 g/mol. The Hall–Kier alpha value is -1.12. The summed E-state index contributed by atoms with van der Waals surface area (Å²) in [5.74, 6) is -0.0197. The summed E-state index contributed by atoms with van der Waals surface area (Å²) in [7, 11) is 1.74. The maximum atomic E-state index is 11.9. The van der Waals surface area contributed by atoms with Crippen molar-refractivity contribution in [1.82, 2.24) is 9.80 Å². The van der Waals surface area contributed by atoms with E-state index in [0.717, 1.165) is 32.5 Å². The molecule has 0 aromatic carbocycles. The van der Waals surface area contributed by atoms with Crippen molar-refractivity contribution in [2.45, 2.75) is 51.4 Å². The summed E-state index contributed by atoms with van der Waals surface area (Å²) in [6.07, 6.45) is 3.79. The number of rotatable bonds is 5. The molecule has 112 valence electrons. The fourth-order valence-corrected chi connectivity index (χ4v) is 3.09. The molecular weight excluding hydrogens is 254 g/mol. The summed E-state index contributed by atoms with van der Waals surface area (Å²) < 4.78 is 5.81. The van der Waals surface area contributed by atoms with Crippen LogP contribution in [0.25, 0.3) is 0 Å². The van der Waals surface area contributed by atoms with E-state index in [1.807, 2.05) is 13.8 Å². The van der Waals surface area contributed by atoms with Crippen LogP contribution in [0.1, 0.15) is 33.1 Å². The predicted molar refractivity (Wildman–Crippen MR) is 76.0 cm³/mol. The molecule has 20 heavy (non-hydrogen) atoms. The maximum absolute atomic E-state index is 11.9. The van der Waals surface area contributed by atoms with Crippen LogP contribution in [0.3, 0.4) is 0 Å². The van der Waals surface area contributed by atoms with Gasteiger partial charge in [-0.3, -0.25) is 9.69 Å². The van der Waals surface area contributed by atoms with Gasteiger partial charge in [-0.05, 0) is 19.3 Å². The molecule has 0 aromatic rings. The van der Waals surface area contributed by atoms with Crippen LogP contribution >= 0.6 is 0 Å². The van der Waals surface area contributed by atoms with E-state index >= 15 is 0 Å². The first-order valence-electron chi connectivity index (χ1n) is 7.55. The molecule has 5 nitrogen and oxygen atoms in total. The molecule has 2 bridgehead atoms. The van der Waals surface area contributed by atoms with Crippen LogP contribution in [-0.2, 0) is 9.53 Å². The molecule has 1 amide bonds. The molecule has 0 aliphatic carbocycles. The number of hydrogen-bond acceptors (Lipinski definition) is 4. The lowest BCUT2D eigenvalue weighted by molar-refractivity contribution is -0.134. The molecule has 3 atom stereocenters. The normalized spacial score (nSPS) is 27.4. The van der Waals surface area contributed by atoms with Gasteiger partial charge in [-0.15, -0.1) is 0 Å². The Kier molecular flexibility index (Phi) is 5.00. The summed E-state index contributed by atoms with van der Waals surface area (Å²) >= 11 is 0. The number of hydrogen-bond donors (Lipinski definition) is 0. The highest BCUT2D eigenvalue weighted by atomic mass is 16.5.